The topological polar surface area (TPSA) is 56.3 Å². The fraction of sp³-hybridized carbons (Fsp3) is 0.538. The lowest BCUT2D eigenvalue weighted by Crippen LogP contribution is -2.14. The van der Waals surface area contributed by atoms with Crippen molar-refractivity contribution in [2.75, 3.05) is 13.7 Å². The number of benzene rings is 1. The lowest BCUT2D eigenvalue weighted by molar-refractivity contribution is 0.246. The van der Waals surface area contributed by atoms with Gasteiger partial charge in [0, 0.05) is 18.7 Å². The maximum Gasteiger partial charge on any atom is 0.165 e. The molecule has 1 aromatic rings. The molecule has 3 unspecified atom stereocenters. The van der Waals surface area contributed by atoms with Crippen molar-refractivity contribution in [3.63, 3.8) is 0 Å². The highest BCUT2D eigenvalue weighted by molar-refractivity contribution is 5.32. The molecule has 0 radical (unpaired) electrons. The van der Waals surface area contributed by atoms with Gasteiger partial charge in [0.1, 0.15) is 0 Å². The molecule has 0 aliphatic rings. The first-order chi connectivity index (χ1) is 13.9. The second-order valence-electron chi connectivity index (χ2n) is 8.04. The van der Waals surface area contributed by atoms with Crippen molar-refractivity contribution >= 4 is 0 Å². The highest BCUT2D eigenvalue weighted by Gasteiger charge is 2.12. The van der Waals surface area contributed by atoms with E-state index in [0.717, 1.165) is 49.8 Å². The van der Waals surface area contributed by atoms with Gasteiger partial charge in [-0.2, -0.15) is 0 Å². The van der Waals surface area contributed by atoms with Gasteiger partial charge in [-0.15, -0.1) is 6.58 Å². The fourth-order valence-electron chi connectivity index (χ4n) is 3.14. The molecule has 4 heteroatoms. The van der Waals surface area contributed by atoms with Crippen molar-refractivity contribution in [3.8, 4) is 5.75 Å². The summed E-state index contributed by atoms with van der Waals surface area (Å²) in [5, 5.41) is 3.18. The van der Waals surface area contributed by atoms with Gasteiger partial charge in [-0.1, -0.05) is 58.1 Å². The van der Waals surface area contributed by atoms with Crippen molar-refractivity contribution < 1.29 is 9.13 Å². The summed E-state index contributed by atoms with van der Waals surface area (Å²) in [5.74, 6) is 1.32. The summed E-state index contributed by atoms with van der Waals surface area (Å²) in [6, 6.07) is 5.28. The van der Waals surface area contributed by atoms with E-state index in [9.17, 15) is 4.39 Å². The molecular formula is C26H43FN2O. The normalized spacial score (nSPS) is 13.9. The third kappa shape index (κ3) is 10.1. The minimum absolute atomic E-state index is 0. The zero-order chi connectivity index (χ0) is 21.6. The summed E-state index contributed by atoms with van der Waals surface area (Å²) in [5.41, 5.74) is 2.22. The van der Waals surface area contributed by atoms with Crippen molar-refractivity contribution in [2.45, 2.75) is 65.2 Å². The van der Waals surface area contributed by atoms with Crippen LogP contribution < -0.4 is 16.2 Å². The van der Waals surface area contributed by atoms with Crippen LogP contribution in [-0.2, 0) is 0 Å². The third-order valence-electron chi connectivity index (χ3n) is 5.63. The second kappa shape index (κ2) is 15.7. The van der Waals surface area contributed by atoms with Gasteiger partial charge < -0.3 is 16.2 Å². The molecule has 0 saturated carbocycles. The molecule has 0 saturated heterocycles. The molecule has 30 heavy (non-hydrogen) atoms. The van der Waals surface area contributed by atoms with Crippen LogP contribution in [0.15, 0.2) is 55.3 Å². The van der Waals surface area contributed by atoms with Crippen molar-refractivity contribution in [2.24, 2.45) is 11.8 Å². The van der Waals surface area contributed by atoms with E-state index in [1.807, 2.05) is 25.3 Å². The third-order valence-corrected chi connectivity index (χ3v) is 5.63. The average Bonchev–Trinajstić information content (AvgIpc) is 2.73. The maximum atomic E-state index is 14.0. The summed E-state index contributed by atoms with van der Waals surface area (Å²) < 4.78 is 19.7. The summed E-state index contributed by atoms with van der Waals surface area (Å²) in [7, 11) is 1.93. The number of ether oxygens (including phenoxy) is 1. The number of halogens is 1. The average molecular weight is 419 g/mol. The highest BCUT2D eigenvalue weighted by Crippen LogP contribution is 2.27. The van der Waals surface area contributed by atoms with Gasteiger partial charge >= 0.3 is 0 Å². The van der Waals surface area contributed by atoms with Gasteiger partial charge in [-0.05, 0) is 61.6 Å². The predicted molar refractivity (Wildman–Crippen MR) is 129 cm³/mol. The Morgan fingerprint density at radius 2 is 1.93 bits per heavy atom. The lowest BCUT2D eigenvalue weighted by atomic mass is 9.94. The standard InChI is InChI=1S/C26H40FNO.H3N/c1-7-9-14-23(22(5)28-6)15-12-10-11-13-21(4)24-16-17-25(27)26(18-24)29-19-20(3)8-2;/h7,10,12,16-18,20-21,23,28H,1,5,8-9,11,13-15,19H2,2-4,6H3;1H3/b12-10+;. The molecule has 1 rings (SSSR count). The van der Waals surface area contributed by atoms with Gasteiger partial charge in [0.25, 0.3) is 0 Å². The maximum absolute atomic E-state index is 14.0. The number of allylic oxidation sites excluding steroid dienone is 4. The van der Waals surface area contributed by atoms with Gasteiger partial charge in [0.15, 0.2) is 11.6 Å². The van der Waals surface area contributed by atoms with Crippen LogP contribution >= 0.6 is 0 Å². The molecule has 0 heterocycles. The molecule has 4 N–H and O–H groups in total. The van der Waals surface area contributed by atoms with E-state index < -0.39 is 0 Å². The number of hydrogen-bond donors (Lipinski definition) is 2. The van der Waals surface area contributed by atoms with E-state index in [-0.39, 0.29) is 12.0 Å². The molecule has 0 bridgehead atoms. The second-order valence-corrected chi connectivity index (χ2v) is 8.04. The van der Waals surface area contributed by atoms with Gasteiger partial charge in [0.2, 0.25) is 0 Å². The largest absolute Gasteiger partial charge is 0.490 e. The first-order valence-electron chi connectivity index (χ1n) is 11.0. The van der Waals surface area contributed by atoms with Crippen LogP contribution in [0.4, 0.5) is 4.39 Å². The zero-order valence-corrected chi connectivity index (χ0v) is 19.6. The Bertz CT molecular complexity index is 656. The molecule has 0 amide bonds. The van der Waals surface area contributed by atoms with Crippen LogP contribution in [0, 0.1) is 17.7 Å². The molecule has 1 aromatic carbocycles. The molecule has 0 aromatic heterocycles. The molecule has 3 atom stereocenters. The monoisotopic (exact) mass is 418 g/mol. The van der Waals surface area contributed by atoms with Crippen LogP contribution in [0.1, 0.15) is 70.8 Å². The van der Waals surface area contributed by atoms with E-state index in [1.54, 1.807) is 0 Å². The first-order valence-corrected chi connectivity index (χ1v) is 11.0. The molecular weight excluding hydrogens is 375 g/mol. The van der Waals surface area contributed by atoms with Crippen LogP contribution in [0.2, 0.25) is 0 Å². The Balaban J connectivity index is 0.00000841. The molecule has 3 nitrogen and oxygen atoms in total. The molecule has 0 fully saturated rings. The summed E-state index contributed by atoms with van der Waals surface area (Å²) >= 11 is 0. The molecule has 0 aliphatic heterocycles. The molecule has 0 spiro atoms. The minimum atomic E-state index is -0.278. The first kappa shape index (κ1) is 27.9. The Kier molecular flexibility index (Phi) is 14.6. The SMILES string of the molecule is C=CCCC(C/C=C/CCC(C)c1ccc(F)c(OCC(C)CC)c1)C(=C)NC.N. The summed E-state index contributed by atoms with van der Waals surface area (Å²) in [6.45, 7) is 14.9. The fourth-order valence-corrected chi connectivity index (χ4v) is 3.14. The highest BCUT2D eigenvalue weighted by atomic mass is 19.1. The number of hydrogen-bond acceptors (Lipinski definition) is 3. The number of rotatable bonds is 15. The van der Waals surface area contributed by atoms with Gasteiger partial charge in [-0.3, -0.25) is 0 Å². The zero-order valence-electron chi connectivity index (χ0n) is 19.6. The van der Waals surface area contributed by atoms with Crippen LogP contribution in [0.3, 0.4) is 0 Å². The van der Waals surface area contributed by atoms with Crippen LogP contribution in [0.25, 0.3) is 0 Å². The van der Waals surface area contributed by atoms with E-state index in [4.69, 9.17) is 4.74 Å². The Morgan fingerprint density at radius 3 is 2.57 bits per heavy atom. The predicted octanol–water partition coefficient (Wildman–Crippen LogP) is 7.56. The Morgan fingerprint density at radius 1 is 1.20 bits per heavy atom. The van der Waals surface area contributed by atoms with Gasteiger partial charge in [0.05, 0.1) is 6.61 Å². The summed E-state index contributed by atoms with van der Waals surface area (Å²) in [6.07, 6.45) is 12.6. The lowest BCUT2D eigenvalue weighted by Gasteiger charge is -2.17. The number of nitrogens with one attached hydrogen (secondary N) is 1. The Hall–Kier alpha value is -2.07. The van der Waals surface area contributed by atoms with Crippen LogP contribution in [0.5, 0.6) is 5.75 Å². The molecule has 0 aliphatic carbocycles. The van der Waals surface area contributed by atoms with E-state index in [2.05, 4.69) is 51.4 Å². The van der Waals surface area contributed by atoms with E-state index >= 15 is 0 Å². The van der Waals surface area contributed by atoms with Gasteiger partial charge in [-0.25, -0.2) is 4.39 Å². The van der Waals surface area contributed by atoms with E-state index in [0.29, 0.717) is 30.1 Å². The summed E-state index contributed by atoms with van der Waals surface area (Å²) in [4.78, 5) is 0. The Labute approximate surface area is 184 Å². The molecule has 170 valence electrons. The quantitative estimate of drug-likeness (QED) is 0.289. The van der Waals surface area contributed by atoms with Crippen molar-refractivity contribution in [3.05, 3.63) is 66.7 Å². The van der Waals surface area contributed by atoms with Crippen LogP contribution in [-0.4, -0.2) is 13.7 Å². The smallest absolute Gasteiger partial charge is 0.165 e. The van der Waals surface area contributed by atoms with Crippen molar-refractivity contribution in [1.29, 1.82) is 0 Å². The van der Waals surface area contributed by atoms with Crippen molar-refractivity contribution in [1.82, 2.24) is 11.5 Å². The minimum Gasteiger partial charge on any atom is -0.490 e. The van der Waals surface area contributed by atoms with E-state index in [1.165, 1.54) is 6.07 Å².